The zero-order valence-corrected chi connectivity index (χ0v) is 7.43. The van der Waals surface area contributed by atoms with Gasteiger partial charge in [-0.05, 0) is 26.7 Å². The molecule has 60 valence electrons. The van der Waals surface area contributed by atoms with Crippen LogP contribution in [0.25, 0.3) is 0 Å². The molecule has 0 saturated carbocycles. The molecule has 0 bridgehead atoms. The first-order valence-electron chi connectivity index (χ1n) is 4.51. The summed E-state index contributed by atoms with van der Waals surface area (Å²) in [5, 5.41) is 0. The van der Waals surface area contributed by atoms with Crippen molar-refractivity contribution in [3.63, 3.8) is 0 Å². The molecule has 0 aromatic carbocycles. The topological polar surface area (TPSA) is 3.24 Å². The van der Waals surface area contributed by atoms with Crippen LogP contribution in [0.3, 0.4) is 0 Å². The maximum absolute atomic E-state index is 2.60. The van der Waals surface area contributed by atoms with Gasteiger partial charge in [0.2, 0.25) is 0 Å². The highest BCUT2D eigenvalue weighted by atomic mass is 15.2. The summed E-state index contributed by atoms with van der Waals surface area (Å²) in [4.78, 5) is 2.60. The molecular weight excluding hydrogens is 122 g/mol. The Kier molecular flexibility index (Phi) is 2.72. The summed E-state index contributed by atoms with van der Waals surface area (Å²) in [7, 11) is 0. The third-order valence-corrected chi connectivity index (χ3v) is 2.47. The summed E-state index contributed by atoms with van der Waals surface area (Å²) in [6.07, 6.45) is 4.18. The van der Waals surface area contributed by atoms with Gasteiger partial charge in [-0.25, -0.2) is 0 Å². The van der Waals surface area contributed by atoms with Crippen molar-refractivity contribution in [2.45, 2.75) is 52.1 Å². The van der Waals surface area contributed by atoms with Gasteiger partial charge in [0.05, 0.1) is 0 Å². The monoisotopic (exact) mass is 141 g/mol. The lowest BCUT2D eigenvalue weighted by Crippen LogP contribution is -2.51. The van der Waals surface area contributed by atoms with Crippen LogP contribution in [-0.4, -0.2) is 23.5 Å². The zero-order valence-electron chi connectivity index (χ0n) is 7.43. The van der Waals surface area contributed by atoms with Crippen molar-refractivity contribution in [1.29, 1.82) is 0 Å². The van der Waals surface area contributed by atoms with Crippen LogP contribution < -0.4 is 0 Å². The first kappa shape index (κ1) is 8.06. The molecule has 1 fully saturated rings. The van der Waals surface area contributed by atoms with Gasteiger partial charge in [0.25, 0.3) is 0 Å². The molecule has 0 radical (unpaired) electrons. The van der Waals surface area contributed by atoms with Crippen LogP contribution in [0.2, 0.25) is 0 Å². The quantitative estimate of drug-likeness (QED) is 0.583. The van der Waals surface area contributed by atoms with Gasteiger partial charge in [0.15, 0.2) is 0 Å². The van der Waals surface area contributed by atoms with Crippen LogP contribution in [0.4, 0.5) is 0 Å². The van der Waals surface area contributed by atoms with Crippen molar-refractivity contribution < 1.29 is 0 Å². The predicted octanol–water partition coefficient (Wildman–Crippen LogP) is 2.27. The van der Waals surface area contributed by atoms with Gasteiger partial charge in [-0.3, -0.25) is 4.90 Å². The molecule has 0 spiro atoms. The summed E-state index contributed by atoms with van der Waals surface area (Å²) in [5.41, 5.74) is 0. The van der Waals surface area contributed by atoms with Crippen LogP contribution in [0.1, 0.15) is 40.0 Å². The lowest BCUT2D eigenvalue weighted by Gasteiger charge is -2.44. The van der Waals surface area contributed by atoms with Crippen LogP contribution in [-0.2, 0) is 0 Å². The predicted molar refractivity (Wildman–Crippen MR) is 45.2 cm³/mol. The van der Waals surface area contributed by atoms with Crippen molar-refractivity contribution in [3.05, 3.63) is 0 Å². The average Bonchev–Trinajstić information content (AvgIpc) is 1.78. The van der Waals surface area contributed by atoms with Crippen LogP contribution in [0.5, 0.6) is 0 Å². The Morgan fingerprint density at radius 2 is 2.20 bits per heavy atom. The number of rotatable bonds is 3. The molecule has 1 aliphatic heterocycles. The highest BCUT2D eigenvalue weighted by Crippen LogP contribution is 2.23. The van der Waals surface area contributed by atoms with E-state index in [2.05, 4.69) is 25.7 Å². The molecule has 10 heavy (non-hydrogen) atoms. The molecular formula is C9H19N. The summed E-state index contributed by atoms with van der Waals surface area (Å²) in [6, 6.07) is 1.69. The first-order chi connectivity index (χ1) is 4.75. The Balaban J connectivity index is 2.22. The summed E-state index contributed by atoms with van der Waals surface area (Å²) < 4.78 is 0. The van der Waals surface area contributed by atoms with E-state index in [9.17, 15) is 0 Å². The summed E-state index contributed by atoms with van der Waals surface area (Å²) in [6.45, 7) is 8.20. The molecule has 0 N–H and O–H groups in total. The van der Waals surface area contributed by atoms with Gasteiger partial charge in [-0.2, -0.15) is 0 Å². The van der Waals surface area contributed by atoms with Gasteiger partial charge < -0.3 is 0 Å². The molecule has 0 unspecified atom stereocenters. The number of nitrogens with zero attached hydrogens (tertiary/aromatic N) is 1. The molecule has 0 aromatic rings. The highest BCUT2D eigenvalue weighted by Gasteiger charge is 2.28. The number of likely N-dealkylation sites (tertiary alicyclic amines) is 1. The lowest BCUT2D eigenvalue weighted by molar-refractivity contribution is 0.0505. The minimum Gasteiger partial charge on any atom is -0.298 e. The summed E-state index contributed by atoms with van der Waals surface area (Å²) in [5.74, 6) is 0. The standard InChI is InChI=1S/C9H19N/c1-4-5-9-6-7-10(9)8(2)3/h8-9H,4-7H2,1-3H3/t9-/m1/s1. The fourth-order valence-corrected chi connectivity index (χ4v) is 1.78. The second-order valence-electron chi connectivity index (χ2n) is 3.56. The fourth-order valence-electron chi connectivity index (χ4n) is 1.78. The van der Waals surface area contributed by atoms with Crippen molar-refractivity contribution in [1.82, 2.24) is 4.90 Å². The van der Waals surface area contributed by atoms with Gasteiger partial charge in [-0.1, -0.05) is 13.3 Å². The first-order valence-corrected chi connectivity index (χ1v) is 4.51. The van der Waals surface area contributed by atoms with E-state index in [-0.39, 0.29) is 0 Å². The van der Waals surface area contributed by atoms with E-state index in [0.717, 1.165) is 12.1 Å². The van der Waals surface area contributed by atoms with E-state index in [1.807, 2.05) is 0 Å². The molecule has 1 nitrogen and oxygen atoms in total. The van der Waals surface area contributed by atoms with Crippen molar-refractivity contribution >= 4 is 0 Å². The van der Waals surface area contributed by atoms with Gasteiger partial charge in [-0.15, -0.1) is 0 Å². The zero-order chi connectivity index (χ0) is 7.56. The molecule has 0 amide bonds. The molecule has 1 heterocycles. The third-order valence-electron chi connectivity index (χ3n) is 2.47. The van der Waals surface area contributed by atoms with E-state index in [1.165, 1.54) is 25.8 Å². The molecule has 1 heteroatoms. The van der Waals surface area contributed by atoms with E-state index in [4.69, 9.17) is 0 Å². The highest BCUT2D eigenvalue weighted by molar-refractivity contribution is 4.84. The number of hydrogen-bond acceptors (Lipinski definition) is 1. The molecule has 1 atom stereocenters. The minimum atomic E-state index is 0.769. The Bertz CT molecular complexity index is 98.9. The molecule has 1 rings (SSSR count). The van der Waals surface area contributed by atoms with E-state index < -0.39 is 0 Å². The van der Waals surface area contributed by atoms with Crippen LogP contribution in [0, 0.1) is 0 Å². The lowest BCUT2D eigenvalue weighted by atomic mass is 9.96. The van der Waals surface area contributed by atoms with Crippen molar-refractivity contribution in [2.75, 3.05) is 6.54 Å². The van der Waals surface area contributed by atoms with Crippen LogP contribution in [0.15, 0.2) is 0 Å². The smallest absolute Gasteiger partial charge is 0.0110 e. The van der Waals surface area contributed by atoms with Gasteiger partial charge in [0, 0.05) is 18.6 Å². The number of hydrogen-bond donors (Lipinski definition) is 0. The van der Waals surface area contributed by atoms with Crippen molar-refractivity contribution in [3.8, 4) is 0 Å². The average molecular weight is 141 g/mol. The van der Waals surface area contributed by atoms with Crippen molar-refractivity contribution in [2.24, 2.45) is 0 Å². The minimum absolute atomic E-state index is 0.769. The van der Waals surface area contributed by atoms with E-state index in [0.29, 0.717) is 0 Å². The Morgan fingerprint density at radius 1 is 1.50 bits per heavy atom. The molecule has 1 saturated heterocycles. The Labute approximate surface area is 64.4 Å². The Hall–Kier alpha value is -0.0400. The second-order valence-corrected chi connectivity index (χ2v) is 3.56. The second kappa shape index (κ2) is 3.38. The maximum atomic E-state index is 2.60. The normalized spacial score (nSPS) is 27.0. The van der Waals surface area contributed by atoms with Gasteiger partial charge >= 0.3 is 0 Å². The summed E-state index contributed by atoms with van der Waals surface area (Å²) >= 11 is 0. The fraction of sp³-hybridized carbons (Fsp3) is 1.00. The van der Waals surface area contributed by atoms with Crippen LogP contribution >= 0.6 is 0 Å². The van der Waals surface area contributed by atoms with E-state index >= 15 is 0 Å². The Morgan fingerprint density at radius 3 is 2.50 bits per heavy atom. The molecule has 0 aliphatic carbocycles. The largest absolute Gasteiger partial charge is 0.298 e. The maximum Gasteiger partial charge on any atom is 0.0110 e. The third kappa shape index (κ3) is 1.51. The molecule has 1 aliphatic rings. The van der Waals surface area contributed by atoms with E-state index in [1.54, 1.807) is 0 Å². The van der Waals surface area contributed by atoms with Gasteiger partial charge in [0.1, 0.15) is 0 Å². The SMILES string of the molecule is CCC[C@@H]1CCN1C(C)C. The molecule has 0 aromatic heterocycles.